The molecule has 1 aliphatic rings. The van der Waals surface area contributed by atoms with Crippen LogP contribution in [0.15, 0.2) is 0 Å². The molecule has 18 heavy (non-hydrogen) atoms. The molecule has 0 radical (unpaired) electrons. The first kappa shape index (κ1) is 15.4. The summed E-state index contributed by atoms with van der Waals surface area (Å²) in [6.07, 6.45) is 2.81. The molecule has 3 N–H and O–H groups in total. The Morgan fingerprint density at radius 2 is 1.89 bits per heavy atom. The average molecular weight is 258 g/mol. The van der Waals surface area contributed by atoms with Crippen molar-refractivity contribution in [2.45, 2.75) is 64.6 Å². The second-order valence-corrected chi connectivity index (χ2v) is 6.25. The van der Waals surface area contributed by atoms with Crippen molar-refractivity contribution in [2.24, 2.45) is 5.92 Å². The molecule has 0 aromatic heterocycles. The zero-order chi connectivity index (χ0) is 13.8. The highest BCUT2D eigenvalue weighted by molar-refractivity contribution is 5.71. The van der Waals surface area contributed by atoms with Gasteiger partial charge in [0, 0.05) is 18.8 Å². The van der Waals surface area contributed by atoms with Gasteiger partial charge in [0.25, 0.3) is 0 Å². The third-order valence-electron chi connectivity index (χ3n) is 4.09. The zero-order valence-corrected chi connectivity index (χ0v) is 12.2. The van der Waals surface area contributed by atoms with Crippen molar-refractivity contribution >= 4 is 5.97 Å². The molecule has 0 amide bonds. The summed E-state index contributed by atoms with van der Waals surface area (Å²) in [6, 6.07) is 0. The molecule has 0 aromatic rings. The lowest BCUT2D eigenvalue weighted by atomic mass is 9.83. The Hall–Kier alpha value is -0.610. The van der Waals surface area contributed by atoms with Crippen molar-refractivity contribution in [2.75, 3.05) is 13.1 Å². The molecule has 4 heteroatoms. The number of hydrogen-bond acceptors (Lipinski definition) is 3. The minimum atomic E-state index is -0.951. The molecule has 1 atom stereocenters. The van der Waals surface area contributed by atoms with Crippen molar-refractivity contribution in [3.8, 4) is 0 Å². The normalized spacial score (nSPS) is 21.4. The standard InChI is InChI=1S/C14H27NO3/c1-5-14(4,17)10-12(16)18-13(2,3)11-6-8-15-9-7-11/h11,15,17H,5-10H2,1-4H3/p+1. The number of hydrogen-bond donors (Lipinski definition) is 2. The molecular formula is C14H28NO3+. The van der Waals surface area contributed by atoms with E-state index in [1.807, 2.05) is 20.8 Å². The van der Waals surface area contributed by atoms with Gasteiger partial charge >= 0.3 is 5.97 Å². The van der Waals surface area contributed by atoms with E-state index >= 15 is 0 Å². The molecule has 1 fully saturated rings. The van der Waals surface area contributed by atoms with Gasteiger partial charge in [-0.3, -0.25) is 4.79 Å². The summed E-state index contributed by atoms with van der Waals surface area (Å²) < 4.78 is 5.60. The predicted octanol–water partition coefficient (Wildman–Crippen LogP) is 0.833. The Kier molecular flexibility index (Phi) is 5.17. The Morgan fingerprint density at radius 1 is 1.33 bits per heavy atom. The number of quaternary nitrogens is 1. The quantitative estimate of drug-likeness (QED) is 0.718. The van der Waals surface area contributed by atoms with E-state index in [0.717, 1.165) is 25.9 Å². The summed E-state index contributed by atoms with van der Waals surface area (Å²) in [5, 5.41) is 12.2. The van der Waals surface area contributed by atoms with Crippen molar-refractivity contribution in [3.05, 3.63) is 0 Å². The second-order valence-electron chi connectivity index (χ2n) is 6.25. The van der Waals surface area contributed by atoms with E-state index < -0.39 is 11.2 Å². The molecule has 0 aromatic carbocycles. The van der Waals surface area contributed by atoms with Gasteiger partial charge in [0.05, 0.1) is 25.1 Å². The smallest absolute Gasteiger partial charge is 0.309 e. The summed E-state index contributed by atoms with van der Waals surface area (Å²) in [6.45, 7) is 9.74. The third-order valence-corrected chi connectivity index (χ3v) is 4.09. The third kappa shape index (κ3) is 4.58. The van der Waals surface area contributed by atoms with Gasteiger partial charge in [-0.2, -0.15) is 0 Å². The molecule has 0 spiro atoms. The SMILES string of the molecule is CCC(C)(O)CC(=O)OC(C)(C)C1CC[NH2+]CC1. The molecule has 1 rings (SSSR count). The fraction of sp³-hybridized carbons (Fsp3) is 0.929. The van der Waals surface area contributed by atoms with Gasteiger partial charge in [-0.25, -0.2) is 0 Å². The summed E-state index contributed by atoms with van der Waals surface area (Å²) in [5.41, 5.74) is -1.37. The fourth-order valence-electron chi connectivity index (χ4n) is 2.47. The van der Waals surface area contributed by atoms with E-state index in [2.05, 4.69) is 5.32 Å². The number of carbonyl (C=O) groups is 1. The monoisotopic (exact) mass is 258 g/mol. The van der Waals surface area contributed by atoms with Gasteiger partial charge in [-0.05, 0) is 27.2 Å². The van der Waals surface area contributed by atoms with Gasteiger partial charge in [-0.1, -0.05) is 6.92 Å². The molecule has 1 saturated heterocycles. The maximum absolute atomic E-state index is 11.9. The number of piperidine rings is 1. The topological polar surface area (TPSA) is 63.1 Å². The first-order valence-corrected chi connectivity index (χ1v) is 7.03. The molecule has 4 nitrogen and oxygen atoms in total. The van der Waals surface area contributed by atoms with Crippen LogP contribution in [0.2, 0.25) is 0 Å². The van der Waals surface area contributed by atoms with Crippen LogP contribution in [0.4, 0.5) is 0 Å². The van der Waals surface area contributed by atoms with Gasteiger partial charge < -0.3 is 15.2 Å². The lowest BCUT2D eigenvalue weighted by Gasteiger charge is -2.36. The molecule has 1 heterocycles. The summed E-state index contributed by atoms with van der Waals surface area (Å²) >= 11 is 0. The first-order chi connectivity index (χ1) is 8.27. The average Bonchev–Trinajstić information content (AvgIpc) is 2.28. The Morgan fingerprint density at radius 3 is 2.39 bits per heavy atom. The van der Waals surface area contributed by atoms with Crippen molar-refractivity contribution in [3.63, 3.8) is 0 Å². The molecule has 0 aliphatic carbocycles. The minimum Gasteiger partial charge on any atom is -0.459 e. The first-order valence-electron chi connectivity index (χ1n) is 7.03. The van der Waals surface area contributed by atoms with Crippen LogP contribution in [-0.2, 0) is 9.53 Å². The van der Waals surface area contributed by atoms with E-state index in [9.17, 15) is 9.90 Å². The van der Waals surface area contributed by atoms with Gasteiger partial charge in [0.15, 0.2) is 0 Å². The maximum Gasteiger partial charge on any atom is 0.309 e. The minimum absolute atomic E-state index is 0.0752. The van der Waals surface area contributed by atoms with Crippen molar-refractivity contribution in [1.82, 2.24) is 0 Å². The molecule has 0 bridgehead atoms. The summed E-state index contributed by atoms with van der Waals surface area (Å²) in [7, 11) is 0. The highest BCUT2D eigenvalue weighted by Crippen LogP contribution is 2.29. The summed E-state index contributed by atoms with van der Waals surface area (Å²) in [4.78, 5) is 11.9. The van der Waals surface area contributed by atoms with Crippen LogP contribution in [0.5, 0.6) is 0 Å². The number of ether oxygens (including phenoxy) is 1. The van der Waals surface area contributed by atoms with Crippen LogP contribution in [0, 0.1) is 5.92 Å². The Labute approximate surface area is 110 Å². The molecule has 1 unspecified atom stereocenters. The highest BCUT2D eigenvalue weighted by Gasteiger charge is 2.36. The predicted molar refractivity (Wildman–Crippen MR) is 70.1 cm³/mol. The van der Waals surface area contributed by atoms with Crippen LogP contribution >= 0.6 is 0 Å². The van der Waals surface area contributed by atoms with Gasteiger partial charge in [-0.15, -0.1) is 0 Å². The van der Waals surface area contributed by atoms with E-state index in [0.29, 0.717) is 12.3 Å². The van der Waals surface area contributed by atoms with Crippen molar-refractivity contribution < 1.29 is 20.0 Å². The number of esters is 1. The Balaban J connectivity index is 2.51. The lowest BCUT2D eigenvalue weighted by Crippen LogP contribution is -2.86. The molecule has 1 aliphatic heterocycles. The van der Waals surface area contributed by atoms with Gasteiger partial charge in [0.2, 0.25) is 0 Å². The second kappa shape index (κ2) is 6.02. The number of aliphatic hydroxyl groups is 1. The number of nitrogens with two attached hydrogens (primary N) is 1. The van der Waals surface area contributed by atoms with Crippen LogP contribution < -0.4 is 5.32 Å². The van der Waals surface area contributed by atoms with Crippen LogP contribution in [0.25, 0.3) is 0 Å². The molecule has 0 saturated carbocycles. The maximum atomic E-state index is 11.9. The fourth-order valence-corrected chi connectivity index (χ4v) is 2.47. The Bertz CT molecular complexity index is 281. The number of rotatable bonds is 5. The largest absolute Gasteiger partial charge is 0.459 e. The number of carbonyl (C=O) groups excluding carboxylic acids is 1. The van der Waals surface area contributed by atoms with Crippen LogP contribution in [0.1, 0.15) is 53.4 Å². The molecular weight excluding hydrogens is 230 g/mol. The lowest BCUT2D eigenvalue weighted by molar-refractivity contribution is -0.665. The molecule has 106 valence electrons. The zero-order valence-electron chi connectivity index (χ0n) is 12.2. The van der Waals surface area contributed by atoms with E-state index in [-0.39, 0.29) is 12.4 Å². The summed E-state index contributed by atoms with van der Waals surface area (Å²) in [5.74, 6) is 0.138. The highest BCUT2D eigenvalue weighted by atomic mass is 16.6. The van der Waals surface area contributed by atoms with E-state index in [4.69, 9.17) is 4.74 Å². The van der Waals surface area contributed by atoms with E-state index in [1.54, 1.807) is 6.92 Å². The van der Waals surface area contributed by atoms with Gasteiger partial charge in [0.1, 0.15) is 5.60 Å². The van der Waals surface area contributed by atoms with Crippen LogP contribution in [-0.4, -0.2) is 35.4 Å². The van der Waals surface area contributed by atoms with Crippen LogP contribution in [0.3, 0.4) is 0 Å². The van der Waals surface area contributed by atoms with E-state index in [1.165, 1.54) is 0 Å². The van der Waals surface area contributed by atoms with Crippen molar-refractivity contribution in [1.29, 1.82) is 0 Å².